The average molecular weight is 412 g/mol. The summed E-state index contributed by atoms with van der Waals surface area (Å²) in [5.74, 6) is 1.30. The Bertz CT molecular complexity index is 1440. The standard InChI is InChI=1S/C26H20O5/c1-16-14-21(27)22-23(28-2)20-12-13-29-24(20)26(25(22)31-16)30-15-18-10-6-7-11-19(18)17-8-4-3-5-9-17/h3-14H,15H2,1-2H3. The topological polar surface area (TPSA) is 61.8 Å². The zero-order chi connectivity index (χ0) is 21.4. The second-order valence-corrected chi connectivity index (χ2v) is 7.26. The Kier molecular flexibility index (Phi) is 4.71. The van der Waals surface area contributed by atoms with Gasteiger partial charge in [-0.1, -0.05) is 54.6 Å². The van der Waals surface area contributed by atoms with Crippen LogP contribution in [-0.2, 0) is 6.61 Å². The van der Waals surface area contributed by atoms with E-state index in [0.717, 1.165) is 16.7 Å². The summed E-state index contributed by atoms with van der Waals surface area (Å²) in [7, 11) is 1.52. The van der Waals surface area contributed by atoms with E-state index < -0.39 is 0 Å². The second-order valence-electron chi connectivity index (χ2n) is 7.26. The Balaban J connectivity index is 1.66. The van der Waals surface area contributed by atoms with Crippen LogP contribution in [0.2, 0.25) is 0 Å². The lowest BCUT2D eigenvalue weighted by Crippen LogP contribution is -2.06. The fourth-order valence-electron chi connectivity index (χ4n) is 3.93. The molecule has 0 atom stereocenters. The van der Waals surface area contributed by atoms with Crippen LogP contribution in [0.5, 0.6) is 11.5 Å². The molecule has 0 saturated carbocycles. The van der Waals surface area contributed by atoms with Gasteiger partial charge in [0.2, 0.25) is 5.75 Å². The summed E-state index contributed by atoms with van der Waals surface area (Å²) < 4.78 is 23.5. The highest BCUT2D eigenvalue weighted by molar-refractivity contribution is 6.06. The van der Waals surface area contributed by atoms with E-state index in [1.54, 1.807) is 19.3 Å². The van der Waals surface area contributed by atoms with Gasteiger partial charge in [-0.2, -0.15) is 0 Å². The molecule has 5 heteroatoms. The maximum atomic E-state index is 12.8. The van der Waals surface area contributed by atoms with Crippen LogP contribution in [0, 0.1) is 6.92 Å². The van der Waals surface area contributed by atoms with Crippen LogP contribution < -0.4 is 14.9 Å². The number of fused-ring (bicyclic) bond motifs is 2. The smallest absolute Gasteiger partial charge is 0.206 e. The number of benzene rings is 3. The van der Waals surface area contributed by atoms with Gasteiger partial charge in [-0.25, -0.2) is 0 Å². The lowest BCUT2D eigenvalue weighted by Gasteiger charge is -2.14. The third kappa shape index (κ3) is 3.24. The predicted octanol–water partition coefficient (Wildman–Crippen LogP) is 6.10. The molecule has 0 aliphatic rings. The highest BCUT2D eigenvalue weighted by Gasteiger charge is 2.23. The van der Waals surface area contributed by atoms with E-state index in [1.807, 2.05) is 36.4 Å². The Morgan fingerprint density at radius 3 is 2.48 bits per heavy atom. The molecule has 0 radical (unpaired) electrons. The Morgan fingerprint density at radius 2 is 1.68 bits per heavy atom. The molecule has 5 rings (SSSR count). The highest BCUT2D eigenvalue weighted by Crippen LogP contribution is 2.42. The number of hydrogen-bond donors (Lipinski definition) is 0. The first-order valence-electron chi connectivity index (χ1n) is 9.95. The maximum absolute atomic E-state index is 12.8. The van der Waals surface area contributed by atoms with Crippen molar-refractivity contribution < 1.29 is 18.3 Å². The first kappa shape index (κ1) is 19.0. The van der Waals surface area contributed by atoms with Crippen molar-refractivity contribution >= 4 is 21.9 Å². The molecule has 3 aromatic carbocycles. The van der Waals surface area contributed by atoms with Crippen LogP contribution in [-0.4, -0.2) is 7.11 Å². The zero-order valence-electron chi connectivity index (χ0n) is 17.2. The molecule has 0 fully saturated rings. The summed E-state index contributed by atoms with van der Waals surface area (Å²) in [5, 5.41) is 1.01. The SMILES string of the molecule is COc1c2ccoc2c(OCc2ccccc2-c2ccccc2)c2oc(C)cc(=O)c12. The van der Waals surface area contributed by atoms with Gasteiger partial charge in [-0.15, -0.1) is 0 Å². The molecule has 0 aliphatic heterocycles. The minimum Gasteiger partial charge on any atom is -0.495 e. The Morgan fingerprint density at radius 1 is 0.903 bits per heavy atom. The van der Waals surface area contributed by atoms with Gasteiger partial charge in [0.25, 0.3) is 0 Å². The summed E-state index contributed by atoms with van der Waals surface area (Å²) in [4.78, 5) is 12.8. The fourth-order valence-corrected chi connectivity index (χ4v) is 3.93. The van der Waals surface area contributed by atoms with E-state index in [-0.39, 0.29) is 12.0 Å². The molecule has 0 bridgehead atoms. The van der Waals surface area contributed by atoms with Crippen molar-refractivity contribution in [1.29, 1.82) is 0 Å². The van der Waals surface area contributed by atoms with Gasteiger partial charge < -0.3 is 18.3 Å². The van der Waals surface area contributed by atoms with Gasteiger partial charge >= 0.3 is 0 Å². The Labute approximate surface area is 178 Å². The average Bonchev–Trinajstić information content (AvgIpc) is 3.27. The predicted molar refractivity (Wildman–Crippen MR) is 120 cm³/mol. The van der Waals surface area contributed by atoms with Gasteiger partial charge in [-0.3, -0.25) is 4.79 Å². The van der Waals surface area contributed by atoms with E-state index in [0.29, 0.717) is 39.2 Å². The third-order valence-electron chi connectivity index (χ3n) is 5.30. The number of ether oxygens (including phenoxy) is 2. The second kappa shape index (κ2) is 7.69. The molecule has 0 aliphatic carbocycles. The lowest BCUT2D eigenvalue weighted by molar-refractivity contribution is 0.303. The van der Waals surface area contributed by atoms with Gasteiger partial charge in [0.1, 0.15) is 23.5 Å². The first-order chi connectivity index (χ1) is 15.2. The molecule has 2 aromatic heterocycles. The molecule has 0 saturated heterocycles. The summed E-state index contributed by atoms with van der Waals surface area (Å²) >= 11 is 0. The largest absolute Gasteiger partial charge is 0.495 e. The molecular formula is C26H20O5. The molecule has 0 unspecified atom stereocenters. The zero-order valence-corrected chi connectivity index (χ0v) is 17.2. The van der Waals surface area contributed by atoms with Crippen molar-refractivity contribution in [2.24, 2.45) is 0 Å². The maximum Gasteiger partial charge on any atom is 0.206 e. The number of rotatable bonds is 5. The van der Waals surface area contributed by atoms with Crippen molar-refractivity contribution in [3.8, 4) is 22.6 Å². The van der Waals surface area contributed by atoms with Gasteiger partial charge in [-0.05, 0) is 29.7 Å². The van der Waals surface area contributed by atoms with Gasteiger partial charge in [0, 0.05) is 6.07 Å². The van der Waals surface area contributed by atoms with Crippen molar-refractivity contribution in [2.45, 2.75) is 13.5 Å². The lowest BCUT2D eigenvalue weighted by atomic mass is 10.0. The molecule has 31 heavy (non-hydrogen) atoms. The molecule has 0 spiro atoms. The summed E-state index contributed by atoms with van der Waals surface area (Å²) in [6, 6.07) is 21.4. The normalized spacial score (nSPS) is 11.2. The molecule has 2 heterocycles. The minimum atomic E-state index is -0.187. The van der Waals surface area contributed by atoms with E-state index in [4.69, 9.17) is 18.3 Å². The molecule has 5 nitrogen and oxygen atoms in total. The molecule has 0 N–H and O–H groups in total. The van der Waals surface area contributed by atoms with Crippen LogP contribution in [0.3, 0.4) is 0 Å². The van der Waals surface area contributed by atoms with E-state index in [9.17, 15) is 4.79 Å². The van der Waals surface area contributed by atoms with Crippen LogP contribution in [0.4, 0.5) is 0 Å². The fraction of sp³-hybridized carbons (Fsp3) is 0.115. The van der Waals surface area contributed by atoms with Crippen LogP contribution >= 0.6 is 0 Å². The number of furan rings is 1. The van der Waals surface area contributed by atoms with Crippen LogP contribution in [0.15, 0.2) is 86.6 Å². The van der Waals surface area contributed by atoms with Crippen molar-refractivity contribution in [1.82, 2.24) is 0 Å². The molecule has 154 valence electrons. The first-order valence-corrected chi connectivity index (χ1v) is 9.95. The Hall–Kier alpha value is -3.99. The number of methoxy groups -OCH3 is 1. The van der Waals surface area contributed by atoms with Crippen molar-refractivity contribution in [3.05, 3.63) is 94.5 Å². The van der Waals surface area contributed by atoms with E-state index in [2.05, 4.69) is 18.2 Å². The third-order valence-corrected chi connectivity index (χ3v) is 5.30. The monoisotopic (exact) mass is 412 g/mol. The van der Waals surface area contributed by atoms with Crippen LogP contribution in [0.25, 0.3) is 33.1 Å². The van der Waals surface area contributed by atoms with Gasteiger partial charge in [0.05, 0.1) is 18.8 Å². The van der Waals surface area contributed by atoms with E-state index >= 15 is 0 Å². The quantitative estimate of drug-likeness (QED) is 0.349. The van der Waals surface area contributed by atoms with Crippen molar-refractivity contribution in [3.63, 3.8) is 0 Å². The van der Waals surface area contributed by atoms with Gasteiger partial charge in [0.15, 0.2) is 16.6 Å². The van der Waals surface area contributed by atoms with E-state index in [1.165, 1.54) is 13.2 Å². The summed E-state index contributed by atoms with van der Waals surface area (Å²) in [6.45, 7) is 2.01. The summed E-state index contributed by atoms with van der Waals surface area (Å²) in [5.41, 5.74) is 3.80. The summed E-state index contributed by atoms with van der Waals surface area (Å²) in [6.07, 6.45) is 1.55. The number of hydrogen-bond acceptors (Lipinski definition) is 5. The van der Waals surface area contributed by atoms with Crippen LogP contribution in [0.1, 0.15) is 11.3 Å². The van der Waals surface area contributed by atoms with Crippen molar-refractivity contribution in [2.75, 3.05) is 7.11 Å². The number of aryl methyl sites for hydroxylation is 1. The molecule has 0 amide bonds. The minimum absolute atomic E-state index is 0.187. The molecular weight excluding hydrogens is 392 g/mol. The molecule has 5 aromatic rings. The highest BCUT2D eigenvalue weighted by atomic mass is 16.5.